The highest BCUT2D eigenvalue weighted by atomic mass is 32.1. The van der Waals surface area contributed by atoms with E-state index in [9.17, 15) is 5.11 Å². The van der Waals surface area contributed by atoms with E-state index in [0.717, 1.165) is 10.1 Å². The second-order valence-electron chi connectivity index (χ2n) is 2.67. The number of benzene rings is 1. The molecule has 1 heterocycles. The molecule has 0 aliphatic rings. The Hall–Kier alpha value is -1.42. The summed E-state index contributed by atoms with van der Waals surface area (Å²) in [6.07, 6.45) is 0. The lowest BCUT2D eigenvalue weighted by Gasteiger charge is -2.06. The molecule has 0 spiro atoms. The van der Waals surface area contributed by atoms with E-state index in [2.05, 4.69) is 0 Å². The van der Waals surface area contributed by atoms with Gasteiger partial charge in [-0.15, -0.1) is 11.3 Å². The first-order valence-electron chi connectivity index (χ1n) is 3.76. The van der Waals surface area contributed by atoms with E-state index >= 15 is 0 Å². The third-order valence-corrected chi connectivity index (χ3v) is 2.82. The quantitative estimate of drug-likeness (QED) is 0.541. The van der Waals surface area contributed by atoms with Gasteiger partial charge >= 0.3 is 0 Å². The molecule has 0 saturated carbocycles. The van der Waals surface area contributed by atoms with Crippen molar-refractivity contribution in [1.29, 1.82) is 0 Å². The monoisotopic (exact) mass is 195 g/mol. The highest BCUT2D eigenvalue weighted by molar-refractivity contribution is 7.17. The molecular weight excluding hydrogens is 186 g/mol. The summed E-state index contributed by atoms with van der Waals surface area (Å²) in [5, 5.41) is 12.4. The van der Waals surface area contributed by atoms with Crippen molar-refractivity contribution in [1.82, 2.24) is 0 Å². The van der Waals surface area contributed by atoms with E-state index in [1.54, 1.807) is 17.4 Å². The van der Waals surface area contributed by atoms with Crippen LogP contribution in [0.4, 0.5) is 5.69 Å². The van der Waals surface area contributed by atoms with Gasteiger partial charge in [-0.2, -0.15) is 0 Å². The van der Waals surface area contributed by atoms with Gasteiger partial charge in [0.1, 0.15) is 0 Å². The molecule has 13 heavy (non-hydrogen) atoms. The van der Waals surface area contributed by atoms with Crippen LogP contribution in [-0.4, -0.2) is 12.2 Å². The molecule has 0 unspecified atom stereocenters. The third-order valence-electron chi connectivity index (χ3n) is 1.96. The molecule has 4 heteroatoms. The Kier molecular flexibility index (Phi) is 1.77. The molecule has 0 atom stereocenters. The Bertz CT molecular complexity index is 450. The Morgan fingerprint density at radius 2 is 2.31 bits per heavy atom. The van der Waals surface area contributed by atoms with Crippen molar-refractivity contribution in [2.75, 3.05) is 12.8 Å². The number of hydrogen-bond acceptors (Lipinski definition) is 4. The van der Waals surface area contributed by atoms with E-state index in [0.29, 0.717) is 11.4 Å². The zero-order valence-electron chi connectivity index (χ0n) is 7.07. The number of nitrogens with two attached hydrogens (primary N) is 1. The van der Waals surface area contributed by atoms with Crippen molar-refractivity contribution in [3.8, 4) is 11.5 Å². The van der Waals surface area contributed by atoms with E-state index in [1.807, 2.05) is 11.4 Å². The summed E-state index contributed by atoms with van der Waals surface area (Å²) in [7, 11) is 1.51. The van der Waals surface area contributed by atoms with Crippen molar-refractivity contribution in [2.45, 2.75) is 0 Å². The minimum absolute atomic E-state index is 0.0217. The first-order valence-corrected chi connectivity index (χ1v) is 4.64. The molecule has 0 amide bonds. The average Bonchev–Trinajstić information content (AvgIpc) is 2.59. The highest BCUT2D eigenvalue weighted by Gasteiger charge is 2.10. The van der Waals surface area contributed by atoms with Crippen LogP contribution in [0.5, 0.6) is 11.5 Å². The average molecular weight is 195 g/mol. The molecule has 1 aromatic heterocycles. The van der Waals surface area contributed by atoms with Gasteiger partial charge in [0.05, 0.1) is 12.8 Å². The van der Waals surface area contributed by atoms with Crippen LogP contribution in [-0.2, 0) is 0 Å². The highest BCUT2D eigenvalue weighted by Crippen LogP contribution is 2.40. The third kappa shape index (κ3) is 1.10. The van der Waals surface area contributed by atoms with Crippen LogP contribution in [0.15, 0.2) is 17.5 Å². The number of fused-ring (bicyclic) bond motifs is 1. The molecule has 3 nitrogen and oxygen atoms in total. The number of rotatable bonds is 1. The lowest BCUT2D eigenvalue weighted by molar-refractivity contribution is 0.375. The van der Waals surface area contributed by atoms with Gasteiger partial charge < -0.3 is 15.6 Å². The van der Waals surface area contributed by atoms with Crippen LogP contribution in [0.2, 0.25) is 0 Å². The summed E-state index contributed by atoms with van der Waals surface area (Å²) in [5.74, 6) is 0.445. The van der Waals surface area contributed by atoms with Gasteiger partial charge in [-0.1, -0.05) is 0 Å². The minimum atomic E-state index is 0.0217. The van der Waals surface area contributed by atoms with Gasteiger partial charge in [-0.3, -0.25) is 0 Å². The lowest BCUT2D eigenvalue weighted by atomic mass is 10.2. The number of aromatic hydroxyl groups is 1. The fourth-order valence-electron chi connectivity index (χ4n) is 1.26. The molecule has 0 aliphatic heterocycles. The minimum Gasteiger partial charge on any atom is -0.503 e. The molecule has 68 valence electrons. The van der Waals surface area contributed by atoms with Crippen molar-refractivity contribution in [2.24, 2.45) is 0 Å². The number of hydrogen-bond donors (Lipinski definition) is 2. The van der Waals surface area contributed by atoms with Crippen LogP contribution in [0.1, 0.15) is 0 Å². The predicted octanol–water partition coefficient (Wildman–Crippen LogP) is 2.20. The molecule has 3 N–H and O–H groups in total. The molecule has 0 fully saturated rings. The fourth-order valence-corrected chi connectivity index (χ4v) is 2.09. The van der Waals surface area contributed by atoms with Crippen molar-refractivity contribution >= 4 is 27.1 Å². The number of phenols is 1. The second-order valence-corrected chi connectivity index (χ2v) is 3.62. The molecular formula is C9H9NO2S. The van der Waals surface area contributed by atoms with Crippen LogP contribution in [0.25, 0.3) is 10.1 Å². The lowest BCUT2D eigenvalue weighted by Crippen LogP contribution is -1.90. The number of anilines is 1. The Morgan fingerprint density at radius 1 is 1.54 bits per heavy atom. The topological polar surface area (TPSA) is 55.5 Å². The van der Waals surface area contributed by atoms with Gasteiger partial charge in [0.25, 0.3) is 0 Å². The van der Waals surface area contributed by atoms with E-state index in [1.165, 1.54) is 7.11 Å². The summed E-state index contributed by atoms with van der Waals surface area (Å²) in [4.78, 5) is 0. The summed E-state index contributed by atoms with van der Waals surface area (Å²) >= 11 is 1.57. The van der Waals surface area contributed by atoms with Crippen LogP contribution >= 0.6 is 11.3 Å². The fraction of sp³-hybridized carbons (Fsp3) is 0.111. The van der Waals surface area contributed by atoms with Crippen molar-refractivity contribution in [3.05, 3.63) is 17.5 Å². The molecule has 2 aromatic rings. The number of thiophene rings is 1. The van der Waals surface area contributed by atoms with Gasteiger partial charge in [-0.05, 0) is 11.4 Å². The number of phenolic OH excluding ortho intramolecular Hbond substituents is 1. The molecule has 0 saturated heterocycles. The Morgan fingerprint density at radius 3 is 3.00 bits per heavy atom. The van der Waals surface area contributed by atoms with Crippen LogP contribution in [0, 0.1) is 0 Å². The maximum atomic E-state index is 9.57. The maximum absolute atomic E-state index is 9.57. The van der Waals surface area contributed by atoms with Gasteiger partial charge in [-0.25, -0.2) is 0 Å². The second kappa shape index (κ2) is 2.81. The van der Waals surface area contributed by atoms with E-state index in [-0.39, 0.29) is 5.75 Å². The largest absolute Gasteiger partial charge is 0.503 e. The maximum Gasteiger partial charge on any atom is 0.181 e. The first-order chi connectivity index (χ1) is 6.24. The molecule has 0 radical (unpaired) electrons. The Labute approximate surface area is 79.4 Å². The number of methoxy groups -OCH3 is 1. The van der Waals surface area contributed by atoms with Gasteiger partial charge in [0, 0.05) is 16.2 Å². The van der Waals surface area contributed by atoms with Crippen LogP contribution < -0.4 is 10.5 Å². The summed E-state index contributed by atoms with van der Waals surface area (Å²) < 4.78 is 6.00. The number of ether oxygens (including phenoxy) is 1. The molecule has 2 rings (SSSR count). The SMILES string of the molecule is COc1cc2sccc2c(N)c1O. The smallest absolute Gasteiger partial charge is 0.181 e. The Balaban J connectivity index is 2.83. The summed E-state index contributed by atoms with van der Waals surface area (Å²) in [6.45, 7) is 0. The van der Waals surface area contributed by atoms with Gasteiger partial charge in [0.2, 0.25) is 0 Å². The summed E-state index contributed by atoms with van der Waals surface area (Å²) in [6, 6.07) is 3.67. The van der Waals surface area contributed by atoms with Crippen molar-refractivity contribution < 1.29 is 9.84 Å². The molecule has 0 aliphatic carbocycles. The first kappa shape index (κ1) is 8.19. The van der Waals surface area contributed by atoms with Gasteiger partial charge in [0.15, 0.2) is 11.5 Å². The van der Waals surface area contributed by atoms with Crippen molar-refractivity contribution in [3.63, 3.8) is 0 Å². The van der Waals surface area contributed by atoms with E-state index < -0.39 is 0 Å². The zero-order valence-corrected chi connectivity index (χ0v) is 7.89. The van der Waals surface area contributed by atoms with Crippen LogP contribution in [0.3, 0.4) is 0 Å². The normalized spacial score (nSPS) is 10.5. The van der Waals surface area contributed by atoms with E-state index in [4.69, 9.17) is 10.5 Å². The summed E-state index contributed by atoms with van der Waals surface area (Å²) in [5.41, 5.74) is 6.10. The zero-order chi connectivity index (χ0) is 9.42. The standard InChI is InChI=1S/C9H9NO2S/c1-12-6-4-7-5(2-3-13-7)8(10)9(6)11/h2-4,11H,10H2,1H3. The number of nitrogen functional groups attached to an aromatic ring is 1. The molecule has 1 aromatic carbocycles. The predicted molar refractivity (Wildman–Crippen MR) is 54.5 cm³/mol. The molecule has 0 bridgehead atoms.